The quantitative estimate of drug-likeness (QED) is 0.840. The lowest BCUT2D eigenvalue weighted by Gasteiger charge is -2.21. The molecule has 2 nitrogen and oxygen atoms in total. The number of thioether (sulfide) groups is 1. The van der Waals surface area contributed by atoms with Crippen LogP contribution in [0.25, 0.3) is 0 Å². The standard InChI is InChI=1S/C13H19FN2S/c1-16-8-9(7-15)5-12(16)11-6-10(14)3-4-13(11)17-2/h3-4,6,9,12H,5,7-8,15H2,1-2H3. The third-order valence-electron chi connectivity index (χ3n) is 3.52. The van der Waals surface area contributed by atoms with Crippen molar-refractivity contribution in [2.75, 3.05) is 26.4 Å². The Labute approximate surface area is 106 Å². The average molecular weight is 254 g/mol. The monoisotopic (exact) mass is 254 g/mol. The van der Waals surface area contributed by atoms with E-state index in [4.69, 9.17) is 5.73 Å². The van der Waals surface area contributed by atoms with Gasteiger partial charge in [0.15, 0.2) is 0 Å². The van der Waals surface area contributed by atoms with Gasteiger partial charge in [0.2, 0.25) is 0 Å². The fraction of sp³-hybridized carbons (Fsp3) is 0.538. The van der Waals surface area contributed by atoms with Crippen molar-refractivity contribution < 1.29 is 4.39 Å². The molecule has 2 atom stereocenters. The molecule has 1 fully saturated rings. The van der Waals surface area contributed by atoms with Gasteiger partial charge in [-0.2, -0.15) is 0 Å². The first-order valence-electron chi connectivity index (χ1n) is 5.89. The summed E-state index contributed by atoms with van der Waals surface area (Å²) in [6, 6.07) is 5.39. The number of halogens is 1. The molecule has 0 spiro atoms. The molecule has 0 saturated carbocycles. The van der Waals surface area contributed by atoms with Crippen molar-refractivity contribution in [3.8, 4) is 0 Å². The average Bonchev–Trinajstić information content (AvgIpc) is 2.70. The van der Waals surface area contributed by atoms with Gasteiger partial charge in [-0.1, -0.05) is 0 Å². The Balaban J connectivity index is 2.30. The van der Waals surface area contributed by atoms with Crippen LogP contribution in [0.5, 0.6) is 0 Å². The summed E-state index contributed by atoms with van der Waals surface area (Å²) in [5.41, 5.74) is 6.84. The molecule has 2 N–H and O–H groups in total. The second kappa shape index (κ2) is 5.38. The number of nitrogens with zero attached hydrogens (tertiary/aromatic N) is 1. The summed E-state index contributed by atoms with van der Waals surface area (Å²) in [6.45, 7) is 1.72. The van der Waals surface area contributed by atoms with Gasteiger partial charge in [-0.3, -0.25) is 4.90 Å². The van der Waals surface area contributed by atoms with Crippen molar-refractivity contribution in [1.29, 1.82) is 0 Å². The Bertz CT molecular complexity index is 397. The maximum Gasteiger partial charge on any atom is 0.123 e. The van der Waals surface area contributed by atoms with Crippen molar-refractivity contribution in [1.82, 2.24) is 4.90 Å². The minimum atomic E-state index is -0.151. The second-order valence-electron chi connectivity index (χ2n) is 4.68. The highest BCUT2D eigenvalue weighted by atomic mass is 32.2. The number of likely N-dealkylation sites (tertiary alicyclic amines) is 1. The van der Waals surface area contributed by atoms with Crippen LogP contribution in [0.2, 0.25) is 0 Å². The first kappa shape index (κ1) is 12.9. The van der Waals surface area contributed by atoms with E-state index in [9.17, 15) is 4.39 Å². The third kappa shape index (κ3) is 2.64. The Kier molecular flexibility index (Phi) is 4.07. The Morgan fingerprint density at radius 3 is 2.88 bits per heavy atom. The van der Waals surface area contributed by atoms with E-state index >= 15 is 0 Å². The molecule has 0 aliphatic carbocycles. The van der Waals surface area contributed by atoms with Gasteiger partial charge >= 0.3 is 0 Å². The first-order valence-corrected chi connectivity index (χ1v) is 7.12. The summed E-state index contributed by atoms with van der Waals surface area (Å²) in [4.78, 5) is 3.45. The van der Waals surface area contributed by atoms with Gasteiger partial charge in [0, 0.05) is 17.5 Å². The molecule has 2 unspecified atom stereocenters. The largest absolute Gasteiger partial charge is 0.330 e. The molecule has 0 radical (unpaired) electrons. The lowest BCUT2D eigenvalue weighted by Crippen LogP contribution is -2.20. The highest BCUT2D eigenvalue weighted by molar-refractivity contribution is 7.98. The van der Waals surface area contributed by atoms with Crippen LogP contribution in [0.1, 0.15) is 18.0 Å². The highest BCUT2D eigenvalue weighted by Gasteiger charge is 2.31. The van der Waals surface area contributed by atoms with E-state index in [0.717, 1.165) is 18.5 Å². The molecule has 0 bridgehead atoms. The van der Waals surface area contributed by atoms with Gasteiger partial charge in [-0.15, -0.1) is 11.8 Å². The van der Waals surface area contributed by atoms with E-state index in [1.165, 1.54) is 11.0 Å². The molecule has 94 valence electrons. The number of rotatable bonds is 3. The smallest absolute Gasteiger partial charge is 0.123 e. The molecule has 1 aromatic rings. The minimum Gasteiger partial charge on any atom is -0.330 e. The summed E-state index contributed by atoms with van der Waals surface area (Å²) < 4.78 is 13.4. The van der Waals surface area contributed by atoms with E-state index in [1.807, 2.05) is 12.3 Å². The van der Waals surface area contributed by atoms with Crippen LogP contribution in [0, 0.1) is 11.7 Å². The van der Waals surface area contributed by atoms with Crippen LogP contribution in [0.4, 0.5) is 4.39 Å². The van der Waals surface area contributed by atoms with Gasteiger partial charge < -0.3 is 5.73 Å². The molecule has 0 amide bonds. The second-order valence-corrected chi connectivity index (χ2v) is 5.53. The predicted octanol–water partition coefficient (Wildman–Crippen LogP) is 2.50. The molecular formula is C13H19FN2S. The van der Waals surface area contributed by atoms with Crippen molar-refractivity contribution in [2.24, 2.45) is 11.7 Å². The van der Waals surface area contributed by atoms with E-state index < -0.39 is 0 Å². The van der Waals surface area contributed by atoms with Crippen LogP contribution in [-0.4, -0.2) is 31.3 Å². The van der Waals surface area contributed by atoms with Gasteiger partial charge in [0.25, 0.3) is 0 Å². The lowest BCUT2D eigenvalue weighted by molar-refractivity contribution is 0.310. The van der Waals surface area contributed by atoms with Crippen molar-refractivity contribution in [3.63, 3.8) is 0 Å². The van der Waals surface area contributed by atoms with Gasteiger partial charge in [-0.25, -0.2) is 4.39 Å². The molecule has 17 heavy (non-hydrogen) atoms. The normalized spacial score (nSPS) is 25.4. The number of hydrogen-bond donors (Lipinski definition) is 1. The number of nitrogens with two attached hydrogens (primary N) is 1. The summed E-state index contributed by atoms with van der Waals surface area (Å²) in [5.74, 6) is 0.380. The fourth-order valence-corrected chi connectivity index (χ4v) is 3.24. The van der Waals surface area contributed by atoms with Gasteiger partial charge in [0.1, 0.15) is 5.82 Å². The minimum absolute atomic E-state index is 0.151. The van der Waals surface area contributed by atoms with Crippen molar-refractivity contribution >= 4 is 11.8 Å². The van der Waals surface area contributed by atoms with E-state index in [1.54, 1.807) is 17.8 Å². The van der Waals surface area contributed by atoms with Gasteiger partial charge in [-0.05, 0) is 55.9 Å². The molecule has 4 heteroatoms. The highest BCUT2D eigenvalue weighted by Crippen LogP contribution is 2.38. The predicted molar refractivity (Wildman–Crippen MR) is 70.7 cm³/mol. The van der Waals surface area contributed by atoms with Crippen LogP contribution in [-0.2, 0) is 0 Å². The maximum atomic E-state index is 13.4. The Morgan fingerprint density at radius 2 is 2.29 bits per heavy atom. The molecule has 1 aliphatic rings. The van der Waals surface area contributed by atoms with Gasteiger partial charge in [0.05, 0.1) is 0 Å². The van der Waals surface area contributed by atoms with Crippen LogP contribution >= 0.6 is 11.8 Å². The van der Waals surface area contributed by atoms with Crippen LogP contribution < -0.4 is 5.73 Å². The molecule has 1 aromatic carbocycles. The number of benzene rings is 1. The molecule has 2 rings (SSSR count). The molecule has 1 saturated heterocycles. The number of hydrogen-bond acceptors (Lipinski definition) is 3. The zero-order valence-electron chi connectivity index (χ0n) is 10.3. The Morgan fingerprint density at radius 1 is 1.53 bits per heavy atom. The van der Waals surface area contributed by atoms with Crippen molar-refractivity contribution in [3.05, 3.63) is 29.6 Å². The van der Waals surface area contributed by atoms with Crippen LogP contribution in [0.3, 0.4) is 0 Å². The molecule has 1 heterocycles. The third-order valence-corrected chi connectivity index (χ3v) is 4.33. The summed E-state index contributed by atoms with van der Waals surface area (Å²) in [6.07, 6.45) is 3.07. The van der Waals surface area contributed by atoms with E-state index in [2.05, 4.69) is 11.9 Å². The van der Waals surface area contributed by atoms with Crippen LogP contribution in [0.15, 0.2) is 23.1 Å². The first-order chi connectivity index (χ1) is 8.15. The topological polar surface area (TPSA) is 29.3 Å². The summed E-state index contributed by atoms with van der Waals surface area (Å²) in [7, 11) is 2.09. The summed E-state index contributed by atoms with van der Waals surface area (Å²) >= 11 is 1.68. The van der Waals surface area contributed by atoms with Crippen molar-refractivity contribution in [2.45, 2.75) is 17.4 Å². The zero-order chi connectivity index (χ0) is 12.4. The fourth-order valence-electron chi connectivity index (χ4n) is 2.61. The van der Waals surface area contributed by atoms with E-state index in [-0.39, 0.29) is 5.82 Å². The maximum absolute atomic E-state index is 13.4. The zero-order valence-corrected chi connectivity index (χ0v) is 11.1. The lowest BCUT2D eigenvalue weighted by atomic mass is 10.00. The Hall–Kier alpha value is -0.580. The molecule has 0 aromatic heterocycles. The SMILES string of the molecule is CSc1ccc(F)cc1C1CC(CN)CN1C. The summed E-state index contributed by atoms with van der Waals surface area (Å²) in [5, 5.41) is 0. The van der Waals surface area contributed by atoms with E-state index in [0.29, 0.717) is 18.5 Å². The molecular weight excluding hydrogens is 235 g/mol. The molecule has 1 aliphatic heterocycles.